The molecule has 1 saturated heterocycles. The lowest BCUT2D eigenvalue weighted by atomic mass is 10.0. The van der Waals surface area contributed by atoms with Gasteiger partial charge >= 0.3 is 0 Å². The van der Waals surface area contributed by atoms with Crippen molar-refractivity contribution in [3.05, 3.63) is 16.7 Å². The zero-order valence-corrected chi connectivity index (χ0v) is 15.0. The zero-order chi connectivity index (χ0) is 19.4. The van der Waals surface area contributed by atoms with E-state index in [4.69, 9.17) is 11.8 Å². The van der Waals surface area contributed by atoms with E-state index in [9.17, 15) is 9.90 Å². The van der Waals surface area contributed by atoms with Crippen molar-refractivity contribution in [3.63, 3.8) is 0 Å². The van der Waals surface area contributed by atoms with Crippen molar-refractivity contribution in [2.24, 2.45) is 11.7 Å². The van der Waals surface area contributed by atoms with E-state index in [-0.39, 0.29) is 23.9 Å². The van der Waals surface area contributed by atoms with Gasteiger partial charge in [0.1, 0.15) is 6.23 Å². The van der Waals surface area contributed by atoms with Crippen molar-refractivity contribution >= 4 is 17.1 Å². The van der Waals surface area contributed by atoms with Gasteiger partial charge in [-0.25, -0.2) is 4.98 Å². The summed E-state index contributed by atoms with van der Waals surface area (Å²) in [4.78, 5) is 23.7. The molecule has 0 spiro atoms. The minimum atomic E-state index is -0.738. The van der Waals surface area contributed by atoms with E-state index in [2.05, 4.69) is 20.3 Å². The maximum Gasteiger partial charge on any atom is 0.280 e. The van der Waals surface area contributed by atoms with Gasteiger partial charge in [0.15, 0.2) is 11.2 Å². The highest BCUT2D eigenvalue weighted by Gasteiger charge is 2.40. The Morgan fingerprint density at radius 1 is 1.46 bits per heavy atom. The van der Waals surface area contributed by atoms with Crippen LogP contribution in [-0.2, 0) is 4.74 Å². The molecule has 2 aromatic rings. The molecule has 3 heterocycles. The zero-order valence-electron chi connectivity index (χ0n) is 16.0. The number of nitrogens with two attached hydrogens (primary N) is 1. The topological polar surface area (TPSA) is 131 Å². The molecular formula is C17H28N6O3. The molecule has 4 atom stereocenters. The van der Waals surface area contributed by atoms with Gasteiger partial charge in [0.2, 0.25) is 5.95 Å². The number of anilines is 1. The summed E-state index contributed by atoms with van der Waals surface area (Å²) in [6.45, 7) is 3.23. The molecule has 9 heteroatoms. The molecule has 3 rings (SSSR count). The van der Waals surface area contributed by atoms with Gasteiger partial charge in [0.25, 0.3) is 5.56 Å². The minimum absolute atomic E-state index is 0.0282. The highest BCUT2D eigenvalue weighted by Crippen LogP contribution is 2.35. The van der Waals surface area contributed by atoms with Crippen LogP contribution in [0, 0.1) is 5.92 Å². The van der Waals surface area contributed by atoms with Crippen LogP contribution in [0.5, 0.6) is 0 Å². The molecule has 9 nitrogen and oxygen atoms in total. The third-order valence-electron chi connectivity index (χ3n) is 4.81. The summed E-state index contributed by atoms with van der Waals surface area (Å²) in [5, 5.41) is 13.4. The number of rotatable bonds is 8. The molecule has 0 aliphatic carbocycles. The standard InChI is InChI=1S/C17H28N6O3/c1-10-13(24)11(2)26-16(10)23-9-20-12-14(23)21-17(22-15(12)25)19-8-6-4-3-5-7-18/h9-11,13,16,24H,3-8,18H2,1-2H3,(H2,19,21,22,25)/t10-,11-,13+,16-/m1/s1/i2D. The lowest BCUT2D eigenvalue weighted by Gasteiger charge is -2.17. The molecule has 5 N–H and O–H groups in total. The predicted molar refractivity (Wildman–Crippen MR) is 98.9 cm³/mol. The van der Waals surface area contributed by atoms with E-state index in [1.165, 1.54) is 6.33 Å². The van der Waals surface area contributed by atoms with E-state index < -0.39 is 18.4 Å². The van der Waals surface area contributed by atoms with Crippen molar-refractivity contribution < 1.29 is 11.2 Å². The van der Waals surface area contributed by atoms with E-state index in [1.54, 1.807) is 4.57 Å². The highest BCUT2D eigenvalue weighted by molar-refractivity contribution is 5.70. The van der Waals surface area contributed by atoms with Gasteiger partial charge in [0.05, 0.1) is 18.5 Å². The number of aliphatic hydroxyl groups excluding tert-OH is 1. The number of nitrogens with zero attached hydrogens (tertiary/aromatic N) is 3. The molecule has 144 valence electrons. The predicted octanol–water partition coefficient (Wildman–Crippen LogP) is 0.965. The smallest absolute Gasteiger partial charge is 0.280 e. The Kier molecular flexibility index (Phi) is 5.47. The first-order chi connectivity index (χ1) is 13.1. The molecule has 0 saturated carbocycles. The van der Waals surface area contributed by atoms with Gasteiger partial charge in [-0.3, -0.25) is 14.3 Å². The van der Waals surface area contributed by atoms with Crippen molar-refractivity contribution in [3.8, 4) is 0 Å². The van der Waals surface area contributed by atoms with E-state index in [1.807, 2.05) is 6.92 Å². The van der Waals surface area contributed by atoms with Gasteiger partial charge in [0, 0.05) is 13.8 Å². The minimum Gasteiger partial charge on any atom is -0.390 e. The number of unbranched alkanes of at least 4 members (excludes halogenated alkanes) is 3. The van der Waals surface area contributed by atoms with Crippen molar-refractivity contribution in [1.29, 1.82) is 0 Å². The third-order valence-corrected chi connectivity index (χ3v) is 4.81. The highest BCUT2D eigenvalue weighted by atomic mass is 16.5. The normalized spacial score (nSPS) is 26.3. The second kappa shape index (κ2) is 8.15. The van der Waals surface area contributed by atoms with E-state index >= 15 is 0 Å². The van der Waals surface area contributed by atoms with Crippen molar-refractivity contribution in [2.75, 3.05) is 18.4 Å². The van der Waals surface area contributed by atoms with Crippen LogP contribution in [0.2, 0.25) is 0 Å². The molecule has 2 aromatic heterocycles. The molecule has 0 unspecified atom stereocenters. The number of nitrogens with one attached hydrogen (secondary N) is 2. The molecular weight excluding hydrogens is 336 g/mol. The van der Waals surface area contributed by atoms with Crippen LogP contribution >= 0.6 is 0 Å². The van der Waals surface area contributed by atoms with Crippen molar-refractivity contribution in [1.82, 2.24) is 19.5 Å². The number of fused-ring (bicyclic) bond motifs is 1. The van der Waals surface area contributed by atoms with Crippen molar-refractivity contribution in [2.45, 2.75) is 57.9 Å². The van der Waals surface area contributed by atoms with Gasteiger partial charge in [-0.15, -0.1) is 0 Å². The SMILES string of the molecule is [2H]C[C@H]1O[C@@H](n2cnc3c(=O)[nH]c(NCCCCCCN)nc32)[C@H](C)[C@@H]1O. The Bertz CT molecular complexity index is 810. The number of aromatic amines is 1. The molecule has 1 aliphatic rings. The second-order valence-electron chi connectivity index (χ2n) is 6.78. The summed E-state index contributed by atoms with van der Waals surface area (Å²) in [5.41, 5.74) is 5.79. The van der Waals surface area contributed by atoms with E-state index in [0.29, 0.717) is 24.7 Å². The van der Waals surface area contributed by atoms with Crippen LogP contribution in [-0.4, -0.2) is 49.9 Å². The molecule has 0 radical (unpaired) electrons. The summed E-state index contributed by atoms with van der Waals surface area (Å²) < 4.78 is 15.0. The average Bonchev–Trinajstić information content (AvgIpc) is 3.20. The number of imidazole rings is 1. The van der Waals surface area contributed by atoms with Crippen LogP contribution in [0.15, 0.2) is 11.1 Å². The molecule has 0 bridgehead atoms. The first-order valence-corrected chi connectivity index (χ1v) is 9.10. The number of hydrogen-bond acceptors (Lipinski definition) is 7. The fourth-order valence-corrected chi connectivity index (χ4v) is 3.24. The fourth-order valence-electron chi connectivity index (χ4n) is 3.24. The Morgan fingerprint density at radius 3 is 3.00 bits per heavy atom. The number of H-pyrrole nitrogens is 1. The lowest BCUT2D eigenvalue weighted by molar-refractivity contribution is -0.00992. The van der Waals surface area contributed by atoms with Gasteiger partial charge in [-0.1, -0.05) is 19.8 Å². The quantitative estimate of drug-likeness (QED) is 0.513. The monoisotopic (exact) mass is 365 g/mol. The molecule has 1 aliphatic heterocycles. The van der Waals surface area contributed by atoms with Gasteiger partial charge in [-0.2, -0.15) is 4.98 Å². The van der Waals surface area contributed by atoms with Crippen LogP contribution < -0.4 is 16.6 Å². The van der Waals surface area contributed by atoms with Crippen LogP contribution in [0.1, 0.15) is 47.1 Å². The molecule has 26 heavy (non-hydrogen) atoms. The molecule has 0 aromatic carbocycles. The second-order valence-corrected chi connectivity index (χ2v) is 6.78. The van der Waals surface area contributed by atoms with Crippen LogP contribution in [0.3, 0.4) is 0 Å². The molecule has 0 amide bonds. The Hall–Kier alpha value is -1.97. The Balaban J connectivity index is 1.76. The van der Waals surface area contributed by atoms with Gasteiger partial charge < -0.3 is 20.9 Å². The van der Waals surface area contributed by atoms with E-state index in [0.717, 1.165) is 25.7 Å². The number of ether oxygens (including phenoxy) is 1. The summed E-state index contributed by atoms with van der Waals surface area (Å²) in [5.74, 6) is 0.147. The maximum absolute atomic E-state index is 12.3. The number of hydrogen-bond donors (Lipinski definition) is 4. The average molecular weight is 365 g/mol. The molecule has 1 fully saturated rings. The van der Waals surface area contributed by atoms with Gasteiger partial charge in [-0.05, 0) is 26.3 Å². The lowest BCUT2D eigenvalue weighted by Crippen LogP contribution is -2.23. The largest absolute Gasteiger partial charge is 0.390 e. The van der Waals surface area contributed by atoms with Crippen LogP contribution in [0.4, 0.5) is 5.95 Å². The first kappa shape index (κ1) is 17.4. The third kappa shape index (κ3) is 3.74. The summed E-state index contributed by atoms with van der Waals surface area (Å²) in [6, 6.07) is 0. The summed E-state index contributed by atoms with van der Waals surface area (Å²) in [6.07, 6.45) is 3.82. The Morgan fingerprint density at radius 2 is 2.27 bits per heavy atom. The summed E-state index contributed by atoms with van der Waals surface area (Å²) in [7, 11) is 0. The number of aromatic nitrogens is 4. The first-order valence-electron chi connectivity index (χ1n) is 9.81. The fraction of sp³-hybridized carbons (Fsp3) is 0.706. The number of aliphatic hydroxyl groups is 1. The summed E-state index contributed by atoms with van der Waals surface area (Å²) >= 11 is 0. The maximum atomic E-state index is 12.3. The van der Waals surface area contributed by atoms with Crippen LogP contribution in [0.25, 0.3) is 11.2 Å². The Labute approximate surface area is 153 Å².